The standard InChI is InChI=1S/C18H15BrN2O2/c19-16-7-6-14-10-20-17(9-15(14)8-16)11-21-18(22)23-12-13-4-2-1-3-5-13/h1-10H,11-12H2,(H,21,22). The largest absolute Gasteiger partial charge is 0.445 e. The summed E-state index contributed by atoms with van der Waals surface area (Å²) in [6.07, 6.45) is 1.35. The monoisotopic (exact) mass is 370 g/mol. The molecule has 0 bridgehead atoms. The molecule has 0 aliphatic carbocycles. The van der Waals surface area contributed by atoms with Crippen LogP contribution < -0.4 is 5.32 Å². The highest BCUT2D eigenvalue weighted by Gasteiger charge is 2.04. The Morgan fingerprint density at radius 1 is 1.09 bits per heavy atom. The van der Waals surface area contributed by atoms with Gasteiger partial charge in [0.25, 0.3) is 0 Å². The maximum atomic E-state index is 11.7. The molecule has 0 fully saturated rings. The van der Waals surface area contributed by atoms with Crippen molar-refractivity contribution in [2.45, 2.75) is 13.2 Å². The van der Waals surface area contributed by atoms with E-state index in [-0.39, 0.29) is 6.61 Å². The third-order valence-corrected chi connectivity index (χ3v) is 3.86. The maximum absolute atomic E-state index is 11.7. The average molecular weight is 371 g/mol. The summed E-state index contributed by atoms with van der Waals surface area (Å²) in [5.74, 6) is 0. The number of ether oxygens (including phenoxy) is 1. The van der Waals surface area contributed by atoms with Crippen LogP contribution in [0, 0.1) is 0 Å². The number of alkyl carbamates (subject to hydrolysis) is 1. The summed E-state index contributed by atoms with van der Waals surface area (Å²) >= 11 is 3.45. The fourth-order valence-electron chi connectivity index (χ4n) is 2.19. The molecule has 0 atom stereocenters. The Morgan fingerprint density at radius 3 is 2.74 bits per heavy atom. The minimum atomic E-state index is -0.454. The second-order valence-corrected chi connectivity index (χ2v) is 6.00. The van der Waals surface area contributed by atoms with E-state index in [4.69, 9.17) is 4.74 Å². The molecule has 1 heterocycles. The Hall–Kier alpha value is -2.40. The van der Waals surface area contributed by atoms with Gasteiger partial charge in [-0.15, -0.1) is 0 Å². The molecule has 0 aliphatic rings. The molecule has 1 N–H and O–H groups in total. The summed E-state index contributed by atoms with van der Waals surface area (Å²) in [5, 5.41) is 4.85. The van der Waals surface area contributed by atoms with Crippen molar-refractivity contribution in [1.29, 1.82) is 0 Å². The van der Waals surface area contributed by atoms with Crippen LogP contribution in [0.2, 0.25) is 0 Å². The molecule has 0 aliphatic heterocycles. The number of aromatic nitrogens is 1. The molecular formula is C18H15BrN2O2. The van der Waals surface area contributed by atoms with E-state index in [0.29, 0.717) is 6.54 Å². The van der Waals surface area contributed by atoms with Gasteiger partial charge in [0.05, 0.1) is 12.2 Å². The number of hydrogen-bond donors (Lipinski definition) is 1. The highest BCUT2D eigenvalue weighted by atomic mass is 79.9. The minimum absolute atomic E-state index is 0.255. The van der Waals surface area contributed by atoms with Crippen LogP contribution in [0.25, 0.3) is 10.8 Å². The number of rotatable bonds is 4. The first kappa shape index (κ1) is 15.5. The van der Waals surface area contributed by atoms with E-state index in [1.165, 1.54) is 0 Å². The first-order valence-corrected chi connectivity index (χ1v) is 7.99. The van der Waals surface area contributed by atoms with Gasteiger partial charge in [-0.1, -0.05) is 52.3 Å². The molecule has 116 valence electrons. The molecule has 0 unspecified atom stereocenters. The quantitative estimate of drug-likeness (QED) is 0.739. The number of halogens is 1. The number of amides is 1. The number of carbonyl (C=O) groups excluding carboxylic acids is 1. The molecule has 0 saturated carbocycles. The van der Waals surface area contributed by atoms with Crippen molar-refractivity contribution in [2.24, 2.45) is 0 Å². The normalized spacial score (nSPS) is 10.5. The molecular weight excluding hydrogens is 356 g/mol. The minimum Gasteiger partial charge on any atom is -0.445 e. The van der Waals surface area contributed by atoms with E-state index in [2.05, 4.69) is 26.2 Å². The van der Waals surface area contributed by atoms with Gasteiger partial charge in [0.1, 0.15) is 6.61 Å². The van der Waals surface area contributed by atoms with Gasteiger partial charge in [-0.05, 0) is 29.1 Å². The van der Waals surface area contributed by atoms with Crippen LogP contribution in [0.5, 0.6) is 0 Å². The maximum Gasteiger partial charge on any atom is 0.407 e. The van der Waals surface area contributed by atoms with Gasteiger partial charge in [-0.25, -0.2) is 4.79 Å². The molecule has 0 saturated heterocycles. The lowest BCUT2D eigenvalue weighted by molar-refractivity contribution is 0.139. The van der Waals surface area contributed by atoms with Crippen molar-refractivity contribution in [3.05, 3.63) is 76.5 Å². The van der Waals surface area contributed by atoms with Crippen molar-refractivity contribution < 1.29 is 9.53 Å². The molecule has 1 aromatic heterocycles. The summed E-state index contributed by atoms with van der Waals surface area (Å²) in [7, 11) is 0. The average Bonchev–Trinajstić information content (AvgIpc) is 2.58. The Bertz CT molecular complexity index is 822. The number of carbonyl (C=O) groups is 1. The van der Waals surface area contributed by atoms with Crippen LogP contribution in [-0.2, 0) is 17.9 Å². The van der Waals surface area contributed by atoms with E-state index in [9.17, 15) is 4.79 Å². The second-order valence-electron chi connectivity index (χ2n) is 5.08. The number of fused-ring (bicyclic) bond motifs is 1. The van der Waals surface area contributed by atoms with E-state index in [0.717, 1.165) is 26.5 Å². The summed E-state index contributed by atoms with van der Waals surface area (Å²) in [6, 6.07) is 17.5. The Balaban J connectivity index is 1.56. The lowest BCUT2D eigenvalue weighted by atomic mass is 10.1. The Kier molecular flexibility index (Phi) is 4.88. The van der Waals surface area contributed by atoms with E-state index in [1.54, 1.807) is 6.20 Å². The number of nitrogens with zero attached hydrogens (tertiary/aromatic N) is 1. The summed E-state index contributed by atoms with van der Waals surface area (Å²) in [6.45, 7) is 0.584. The lowest BCUT2D eigenvalue weighted by Crippen LogP contribution is -2.24. The highest BCUT2D eigenvalue weighted by molar-refractivity contribution is 9.10. The Labute approximate surface area is 142 Å². The van der Waals surface area contributed by atoms with Crippen molar-refractivity contribution in [1.82, 2.24) is 10.3 Å². The zero-order valence-corrected chi connectivity index (χ0v) is 13.9. The van der Waals surface area contributed by atoms with Crippen LogP contribution in [0.4, 0.5) is 4.79 Å². The molecule has 1 amide bonds. The first-order chi connectivity index (χ1) is 11.2. The third kappa shape index (κ3) is 4.29. The van der Waals surface area contributed by atoms with Gasteiger partial charge in [0.2, 0.25) is 0 Å². The SMILES string of the molecule is O=C(NCc1cc2cc(Br)ccc2cn1)OCc1ccccc1. The molecule has 3 rings (SSSR count). The van der Waals surface area contributed by atoms with Crippen molar-refractivity contribution >= 4 is 32.8 Å². The molecule has 5 heteroatoms. The fourth-order valence-corrected chi connectivity index (χ4v) is 2.57. The van der Waals surface area contributed by atoms with Crippen LogP contribution in [-0.4, -0.2) is 11.1 Å². The van der Waals surface area contributed by atoms with Crippen LogP contribution >= 0.6 is 15.9 Å². The van der Waals surface area contributed by atoms with Crippen LogP contribution in [0.3, 0.4) is 0 Å². The summed E-state index contributed by atoms with van der Waals surface area (Å²) in [4.78, 5) is 16.1. The van der Waals surface area contributed by atoms with Crippen LogP contribution in [0.15, 0.2) is 65.3 Å². The molecule has 0 spiro atoms. The van der Waals surface area contributed by atoms with Crippen molar-refractivity contribution in [3.8, 4) is 0 Å². The van der Waals surface area contributed by atoms with Crippen molar-refractivity contribution in [2.75, 3.05) is 0 Å². The molecule has 2 aromatic carbocycles. The smallest absolute Gasteiger partial charge is 0.407 e. The zero-order chi connectivity index (χ0) is 16.1. The third-order valence-electron chi connectivity index (χ3n) is 3.37. The first-order valence-electron chi connectivity index (χ1n) is 7.19. The molecule has 23 heavy (non-hydrogen) atoms. The number of hydrogen-bond acceptors (Lipinski definition) is 3. The van der Waals surface area contributed by atoms with E-state index < -0.39 is 6.09 Å². The second kappa shape index (κ2) is 7.24. The number of nitrogens with one attached hydrogen (secondary N) is 1. The van der Waals surface area contributed by atoms with Gasteiger partial charge < -0.3 is 10.1 Å². The summed E-state index contributed by atoms with van der Waals surface area (Å²) < 4.78 is 6.18. The molecule has 4 nitrogen and oxygen atoms in total. The highest BCUT2D eigenvalue weighted by Crippen LogP contribution is 2.19. The Morgan fingerprint density at radius 2 is 1.91 bits per heavy atom. The van der Waals surface area contributed by atoms with E-state index >= 15 is 0 Å². The predicted octanol–water partition coefficient (Wildman–Crippen LogP) is 4.42. The molecule has 3 aromatic rings. The predicted molar refractivity (Wildman–Crippen MR) is 92.9 cm³/mol. The number of pyridine rings is 1. The fraction of sp³-hybridized carbons (Fsp3) is 0.111. The van der Waals surface area contributed by atoms with Gasteiger partial charge in [-0.2, -0.15) is 0 Å². The topological polar surface area (TPSA) is 51.2 Å². The number of benzene rings is 2. The van der Waals surface area contributed by atoms with Crippen LogP contribution in [0.1, 0.15) is 11.3 Å². The van der Waals surface area contributed by atoms with Gasteiger partial charge in [0.15, 0.2) is 0 Å². The summed E-state index contributed by atoms with van der Waals surface area (Å²) in [5.41, 5.74) is 1.74. The van der Waals surface area contributed by atoms with Gasteiger partial charge in [-0.3, -0.25) is 4.98 Å². The lowest BCUT2D eigenvalue weighted by Gasteiger charge is -2.07. The van der Waals surface area contributed by atoms with Gasteiger partial charge in [0, 0.05) is 16.1 Å². The van der Waals surface area contributed by atoms with Crippen molar-refractivity contribution in [3.63, 3.8) is 0 Å². The van der Waals surface area contributed by atoms with Gasteiger partial charge >= 0.3 is 6.09 Å². The molecule has 0 radical (unpaired) electrons. The van der Waals surface area contributed by atoms with E-state index in [1.807, 2.05) is 54.6 Å². The zero-order valence-electron chi connectivity index (χ0n) is 12.3.